The number of aromatic amines is 1. The summed E-state index contributed by atoms with van der Waals surface area (Å²) in [5.41, 5.74) is 1.84. The van der Waals surface area contributed by atoms with Crippen LogP contribution < -0.4 is 9.47 Å². The largest absolute Gasteiger partial charge is 0.493 e. The number of nitrogens with zero attached hydrogens (tertiary/aromatic N) is 3. The van der Waals surface area contributed by atoms with Crippen LogP contribution in [0.5, 0.6) is 11.5 Å². The van der Waals surface area contributed by atoms with Gasteiger partial charge in [0.2, 0.25) is 4.77 Å². The summed E-state index contributed by atoms with van der Waals surface area (Å²) in [7, 11) is 1.61. The van der Waals surface area contributed by atoms with Crippen LogP contribution in [0.3, 0.4) is 0 Å². The Morgan fingerprint density at radius 3 is 2.86 bits per heavy atom. The molecule has 0 spiro atoms. The van der Waals surface area contributed by atoms with E-state index in [2.05, 4.69) is 22.2 Å². The van der Waals surface area contributed by atoms with Gasteiger partial charge in [-0.2, -0.15) is 14.9 Å². The highest BCUT2D eigenvalue weighted by molar-refractivity contribution is 7.71. The molecule has 0 fully saturated rings. The average molecular weight is 417 g/mol. The van der Waals surface area contributed by atoms with Gasteiger partial charge >= 0.3 is 0 Å². The van der Waals surface area contributed by atoms with Crippen molar-refractivity contribution in [3.05, 3.63) is 69.2 Å². The molecule has 0 saturated heterocycles. The second-order valence-corrected chi connectivity index (χ2v) is 6.90. The number of methoxy groups -OCH3 is 1. The highest BCUT2D eigenvalue weighted by atomic mass is 35.5. The Balaban J connectivity index is 1.76. The third-order valence-electron chi connectivity index (χ3n) is 3.98. The van der Waals surface area contributed by atoms with E-state index in [-0.39, 0.29) is 0 Å². The van der Waals surface area contributed by atoms with Crippen molar-refractivity contribution in [1.29, 1.82) is 0 Å². The van der Waals surface area contributed by atoms with Crippen LogP contribution in [0.25, 0.3) is 0 Å². The molecule has 0 saturated carbocycles. The van der Waals surface area contributed by atoms with Crippen molar-refractivity contribution in [2.75, 3.05) is 7.11 Å². The van der Waals surface area contributed by atoms with Crippen LogP contribution in [0.2, 0.25) is 5.02 Å². The molecule has 146 valence electrons. The first kappa shape index (κ1) is 20.1. The molecule has 0 aliphatic carbocycles. The Labute approximate surface area is 173 Å². The highest BCUT2D eigenvalue weighted by Gasteiger charge is 2.07. The molecule has 0 unspecified atom stereocenters. The van der Waals surface area contributed by atoms with Gasteiger partial charge in [0.25, 0.3) is 0 Å². The number of halogens is 1. The van der Waals surface area contributed by atoms with Crippen LogP contribution in [-0.2, 0) is 13.0 Å². The Morgan fingerprint density at radius 1 is 1.25 bits per heavy atom. The summed E-state index contributed by atoms with van der Waals surface area (Å²) >= 11 is 11.3. The quantitative estimate of drug-likeness (QED) is 0.413. The monoisotopic (exact) mass is 416 g/mol. The topological polar surface area (TPSA) is 64.4 Å². The maximum Gasteiger partial charge on any atom is 0.216 e. The van der Waals surface area contributed by atoms with Crippen LogP contribution in [0.4, 0.5) is 0 Å². The van der Waals surface area contributed by atoms with Gasteiger partial charge in [-0.25, -0.2) is 0 Å². The van der Waals surface area contributed by atoms with Crippen molar-refractivity contribution in [3.8, 4) is 11.5 Å². The molecular weight excluding hydrogens is 396 g/mol. The number of aryl methyl sites for hydroxylation is 1. The number of aromatic nitrogens is 3. The lowest BCUT2D eigenvalue weighted by Crippen LogP contribution is -2.00. The molecule has 28 heavy (non-hydrogen) atoms. The molecule has 1 N–H and O–H groups in total. The van der Waals surface area contributed by atoms with Crippen molar-refractivity contribution in [1.82, 2.24) is 14.9 Å². The number of hydrogen-bond donors (Lipinski definition) is 1. The van der Waals surface area contributed by atoms with E-state index in [1.807, 2.05) is 42.5 Å². The lowest BCUT2D eigenvalue weighted by molar-refractivity contribution is 0.284. The predicted octanol–water partition coefficient (Wildman–Crippen LogP) is 5.02. The lowest BCUT2D eigenvalue weighted by Gasteiger charge is -2.11. The summed E-state index contributed by atoms with van der Waals surface area (Å²) in [6.45, 7) is 2.48. The normalized spacial score (nSPS) is 11.1. The van der Waals surface area contributed by atoms with Crippen LogP contribution in [0, 0.1) is 4.77 Å². The fourth-order valence-corrected chi connectivity index (χ4v) is 3.04. The Hall–Kier alpha value is -2.64. The Bertz CT molecular complexity index is 1030. The third kappa shape index (κ3) is 4.99. The Kier molecular flexibility index (Phi) is 6.84. The lowest BCUT2D eigenvalue weighted by atomic mass is 10.2. The number of H-pyrrole nitrogens is 1. The van der Waals surface area contributed by atoms with E-state index in [0.29, 0.717) is 27.9 Å². The van der Waals surface area contributed by atoms with Crippen LogP contribution >= 0.6 is 23.8 Å². The molecule has 3 aromatic rings. The van der Waals surface area contributed by atoms with Crippen molar-refractivity contribution in [2.45, 2.75) is 26.4 Å². The van der Waals surface area contributed by atoms with E-state index >= 15 is 0 Å². The molecule has 0 aliphatic heterocycles. The van der Waals surface area contributed by atoms with E-state index in [4.69, 9.17) is 33.3 Å². The zero-order valence-corrected chi connectivity index (χ0v) is 17.3. The van der Waals surface area contributed by atoms with Crippen LogP contribution in [-0.4, -0.2) is 28.2 Å². The fourth-order valence-electron chi connectivity index (χ4n) is 2.62. The minimum atomic E-state index is 0.398. The molecule has 0 atom stereocenters. The number of ether oxygens (including phenoxy) is 2. The SMILES string of the molecule is CCCc1n[nH]c(=S)n1/N=C/c1ccc(OCc2cccc(Cl)c2)c(OC)c1. The third-order valence-corrected chi connectivity index (χ3v) is 4.48. The fraction of sp³-hybridized carbons (Fsp3) is 0.250. The second-order valence-electron chi connectivity index (χ2n) is 6.08. The number of benzene rings is 2. The van der Waals surface area contributed by atoms with Crippen molar-refractivity contribution in [3.63, 3.8) is 0 Å². The maximum absolute atomic E-state index is 6.01. The average Bonchev–Trinajstić information content (AvgIpc) is 3.05. The first-order valence-corrected chi connectivity index (χ1v) is 9.65. The predicted molar refractivity (Wildman–Crippen MR) is 113 cm³/mol. The summed E-state index contributed by atoms with van der Waals surface area (Å²) < 4.78 is 13.4. The molecule has 0 amide bonds. The molecule has 2 aromatic carbocycles. The van der Waals surface area contributed by atoms with Gasteiger partial charge in [-0.15, -0.1) is 0 Å². The molecule has 1 aromatic heterocycles. The molecule has 0 aliphatic rings. The van der Waals surface area contributed by atoms with Crippen LogP contribution in [0.1, 0.15) is 30.3 Å². The maximum atomic E-state index is 6.01. The first-order valence-electron chi connectivity index (χ1n) is 8.86. The zero-order valence-electron chi connectivity index (χ0n) is 15.7. The van der Waals surface area contributed by atoms with Gasteiger partial charge in [-0.1, -0.05) is 30.7 Å². The minimum Gasteiger partial charge on any atom is -0.493 e. The van der Waals surface area contributed by atoms with Crippen molar-refractivity contribution in [2.24, 2.45) is 5.10 Å². The molecule has 3 rings (SSSR count). The summed E-state index contributed by atoms with van der Waals surface area (Å²) in [6, 6.07) is 13.2. The van der Waals surface area contributed by atoms with Gasteiger partial charge in [0.15, 0.2) is 17.3 Å². The molecule has 0 radical (unpaired) electrons. The molecule has 8 heteroatoms. The van der Waals surface area contributed by atoms with Gasteiger partial charge in [0.1, 0.15) is 6.61 Å². The number of hydrogen-bond acceptors (Lipinski definition) is 5. The van der Waals surface area contributed by atoms with Gasteiger partial charge < -0.3 is 9.47 Å². The summed E-state index contributed by atoms with van der Waals surface area (Å²) in [5, 5.41) is 12.1. The minimum absolute atomic E-state index is 0.398. The van der Waals surface area contributed by atoms with Gasteiger partial charge in [-0.05, 0) is 60.1 Å². The highest BCUT2D eigenvalue weighted by Crippen LogP contribution is 2.28. The summed E-state index contributed by atoms with van der Waals surface area (Å²) in [6.07, 6.45) is 3.47. The first-order chi connectivity index (χ1) is 13.6. The Morgan fingerprint density at radius 2 is 2.11 bits per heavy atom. The van der Waals surface area contributed by atoms with E-state index in [1.165, 1.54) is 0 Å². The van der Waals surface area contributed by atoms with Crippen molar-refractivity contribution >= 4 is 30.0 Å². The standard InChI is InChI=1S/C20H21ClN4O2S/c1-3-5-19-23-24-20(28)25(19)22-12-14-8-9-17(18(11-14)26-2)27-13-15-6-4-7-16(21)10-15/h4,6-12H,3,5,13H2,1-2H3,(H,24,28)/b22-12+. The number of nitrogens with one attached hydrogen (secondary N) is 1. The van der Waals surface area contributed by atoms with Gasteiger partial charge in [0.05, 0.1) is 13.3 Å². The molecule has 6 nitrogen and oxygen atoms in total. The summed E-state index contributed by atoms with van der Waals surface area (Å²) in [5.74, 6) is 2.07. The van der Waals surface area contributed by atoms with Gasteiger partial charge in [0, 0.05) is 11.4 Å². The second kappa shape index (κ2) is 9.52. The molecular formula is C20H21ClN4O2S. The van der Waals surface area contributed by atoms with Crippen LogP contribution in [0.15, 0.2) is 47.6 Å². The summed E-state index contributed by atoms with van der Waals surface area (Å²) in [4.78, 5) is 0. The smallest absolute Gasteiger partial charge is 0.216 e. The van der Waals surface area contributed by atoms with E-state index in [1.54, 1.807) is 18.0 Å². The van der Waals surface area contributed by atoms with Crippen molar-refractivity contribution < 1.29 is 9.47 Å². The molecule has 0 bridgehead atoms. The van der Waals surface area contributed by atoms with Gasteiger partial charge in [-0.3, -0.25) is 5.10 Å². The van der Waals surface area contributed by atoms with E-state index in [9.17, 15) is 0 Å². The number of rotatable bonds is 8. The van der Waals surface area contributed by atoms with E-state index in [0.717, 1.165) is 29.8 Å². The van der Waals surface area contributed by atoms with E-state index < -0.39 is 0 Å². The zero-order chi connectivity index (χ0) is 19.9. The molecule has 1 heterocycles.